The molecule has 0 saturated heterocycles. The summed E-state index contributed by atoms with van der Waals surface area (Å²) in [5, 5.41) is 3.69. The van der Waals surface area contributed by atoms with Crippen molar-refractivity contribution in [2.24, 2.45) is 0 Å². The zero-order valence-electron chi connectivity index (χ0n) is 16.9. The number of carbonyl (C=O) groups is 2. The van der Waals surface area contributed by atoms with Crippen LogP contribution in [0.2, 0.25) is 0 Å². The van der Waals surface area contributed by atoms with Gasteiger partial charge in [-0.1, -0.05) is 66.7 Å². The first-order valence-corrected chi connectivity index (χ1v) is 10.1. The lowest BCUT2D eigenvalue weighted by atomic mass is 9.89. The van der Waals surface area contributed by atoms with Crippen molar-refractivity contribution in [1.82, 2.24) is 10.3 Å². The normalized spacial score (nSPS) is 13.3. The van der Waals surface area contributed by atoms with E-state index in [1.54, 1.807) is 12.3 Å². The molecule has 5 heteroatoms. The van der Waals surface area contributed by atoms with E-state index in [9.17, 15) is 9.59 Å². The Hall–Kier alpha value is -3.99. The summed E-state index contributed by atoms with van der Waals surface area (Å²) in [6.45, 7) is 0. The van der Waals surface area contributed by atoms with Crippen LogP contribution in [0, 0.1) is 0 Å². The summed E-state index contributed by atoms with van der Waals surface area (Å²) in [4.78, 5) is 30.5. The predicted molar refractivity (Wildman–Crippen MR) is 119 cm³/mol. The minimum Gasteiger partial charge on any atom is -0.467 e. The van der Waals surface area contributed by atoms with E-state index in [1.807, 2.05) is 72.8 Å². The number of ether oxygens (including phenoxy) is 1. The van der Waals surface area contributed by atoms with Crippen molar-refractivity contribution in [2.45, 2.75) is 12.0 Å². The molecule has 1 aliphatic rings. The van der Waals surface area contributed by atoms with Crippen LogP contribution >= 0.6 is 0 Å². The first-order valence-electron chi connectivity index (χ1n) is 10.1. The average Bonchev–Trinajstić information content (AvgIpc) is 3.16. The number of aromatic nitrogens is 1. The molecule has 1 N–H and O–H groups in total. The molecule has 0 radical (unpaired) electrons. The van der Waals surface area contributed by atoms with Crippen LogP contribution in [0.1, 0.15) is 27.4 Å². The Balaban J connectivity index is 1.59. The Morgan fingerprint density at radius 3 is 2.16 bits per heavy atom. The van der Waals surface area contributed by atoms with Gasteiger partial charge in [-0.15, -0.1) is 0 Å². The van der Waals surface area contributed by atoms with Gasteiger partial charge in [0.1, 0.15) is 6.04 Å². The number of hydrogen-bond donors (Lipinski definition) is 1. The fraction of sp³-hybridized carbons (Fsp3) is 0.115. The third kappa shape index (κ3) is 3.15. The molecular weight excluding hydrogens is 388 g/mol. The standard InChI is InChI=1S/C26H20N2O3/c1-31-26(30)24(28-25(29)21-14-15-27-22-13-7-6-10-18(21)22)23-19-11-4-2-8-16(19)17-9-3-5-12-20(17)23/h2-15,23-24H,1H3,(H,28,29)/t24-/m0/s1. The van der Waals surface area contributed by atoms with Gasteiger partial charge in [0.05, 0.1) is 18.2 Å². The summed E-state index contributed by atoms with van der Waals surface area (Å²) >= 11 is 0. The highest BCUT2D eigenvalue weighted by atomic mass is 16.5. The summed E-state index contributed by atoms with van der Waals surface area (Å²) < 4.78 is 5.11. The maximum Gasteiger partial charge on any atom is 0.329 e. The Labute approximate surface area is 179 Å². The molecule has 0 spiro atoms. The molecule has 3 aromatic carbocycles. The minimum atomic E-state index is -0.866. The molecule has 0 saturated carbocycles. The molecule has 5 rings (SSSR count). The van der Waals surface area contributed by atoms with Gasteiger partial charge in [0.2, 0.25) is 0 Å². The van der Waals surface area contributed by atoms with E-state index in [0.29, 0.717) is 5.56 Å². The highest BCUT2D eigenvalue weighted by Crippen LogP contribution is 2.46. The van der Waals surface area contributed by atoms with Crippen molar-refractivity contribution < 1.29 is 14.3 Å². The van der Waals surface area contributed by atoms with E-state index in [-0.39, 0.29) is 11.8 Å². The Bertz CT molecular complexity index is 1260. The molecule has 5 nitrogen and oxygen atoms in total. The average molecular weight is 408 g/mol. The second kappa shape index (κ2) is 7.69. The first-order chi connectivity index (χ1) is 15.2. The van der Waals surface area contributed by atoms with Crippen molar-refractivity contribution in [3.05, 3.63) is 102 Å². The number of benzene rings is 3. The summed E-state index contributed by atoms with van der Waals surface area (Å²) in [6.07, 6.45) is 1.60. The number of fused-ring (bicyclic) bond motifs is 4. The van der Waals surface area contributed by atoms with E-state index < -0.39 is 12.0 Å². The van der Waals surface area contributed by atoms with Crippen molar-refractivity contribution in [1.29, 1.82) is 0 Å². The molecule has 1 aliphatic carbocycles. The number of rotatable bonds is 4. The number of nitrogens with zero attached hydrogens (tertiary/aromatic N) is 1. The summed E-state index contributed by atoms with van der Waals surface area (Å²) in [6, 6.07) is 24.2. The third-order valence-corrected chi connectivity index (χ3v) is 5.85. The highest BCUT2D eigenvalue weighted by molar-refractivity contribution is 6.07. The maximum atomic E-state index is 13.3. The third-order valence-electron chi connectivity index (χ3n) is 5.85. The summed E-state index contributed by atoms with van der Waals surface area (Å²) in [5.74, 6) is -1.16. The van der Waals surface area contributed by atoms with Crippen molar-refractivity contribution >= 4 is 22.8 Å². The van der Waals surface area contributed by atoms with Gasteiger partial charge in [0.25, 0.3) is 5.91 Å². The molecule has 1 atom stereocenters. The number of hydrogen-bond acceptors (Lipinski definition) is 4. The molecule has 1 aromatic heterocycles. The molecule has 4 aromatic rings. The fourth-order valence-corrected chi connectivity index (χ4v) is 4.47. The van der Waals surface area contributed by atoms with Gasteiger partial charge in [-0.05, 0) is 34.4 Å². The van der Waals surface area contributed by atoms with Crippen LogP contribution in [0.5, 0.6) is 0 Å². The number of amides is 1. The van der Waals surface area contributed by atoms with Gasteiger partial charge >= 0.3 is 5.97 Å². The van der Waals surface area contributed by atoms with Crippen molar-refractivity contribution in [3.63, 3.8) is 0 Å². The van der Waals surface area contributed by atoms with Gasteiger partial charge in [-0.25, -0.2) is 4.79 Å². The van der Waals surface area contributed by atoms with Crippen LogP contribution in [0.4, 0.5) is 0 Å². The molecular formula is C26H20N2O3. The zero-order chi connectivity index (χ0) is 21.4. The molecule has 0 aliphatic heterocycles. The largest absolute Gasteiger partial charge is 0.467 e. The Kier molecular flexibility index (Phi) is 4.71. The Morgan fingerprint density at radius 2 is 1.48 bits per heavy atom. The number of esters is 1. The van der Waals surface area contributed by atoms with E-state index in [0.717, 1.165) is 33.2 Å². The second-order valence-electron chi connectivity index (χ2n) is 7.50. The predicted octanol–water partition coefficient (Wildman–Crippen LogP) is 4.32. The Morgan fingerprint density at radius 1 is 0.871 bits per heavy atom. The molecule has 1 heterocycles. The monoisotopic (exact) mass is 408 g/mol. The number of methoxy groups -OCH3 is 1. The topological polar surface area (TPSA) is 68.3 Å². The summed E-state index contributed by atoms with van der Waals surface area (Å²) in [7, 11) is 1.34. The lowest BCUT2D eigenvalue weighted by Gasteiger charge is -2.25. The lowest BCUT2D eigenvalue weighted by molar-refractivity contribution is -0.143. The molecule has 0 bridgehead atoms. The minimum absolute atomic E-state index is 0.336. The van der Waals surface area contributed by atoms with Gasteiger partial charge in [0.15, 0.2) is 0 Å². The van der Waals surface area contributed by atoms with Crippen LogP contribution in [-0.2, 0) is 9.53 Å². The van der Waals surface area contributed by atoms with Gasteiger partial charge in [-0.2, -0.15) is 0 Å². The smallest absolute Gasteiger partial charge is 0.329 e. The molecule has 0 fully saturated rings. The molecule has 31 heavy (non-hydrogen) atoms. The van der Waals surface area contributed by atoms with Crippen molar-refractivity contribution in [2.75, 3.05) is 7.11 Å². The van der Waals surface area contributed by atoms with E-state index in [4.69, 9.17) is 4.74 Å². The lowest BCUT2D eigenvalue weighted by Crippen LogP contribution is -2.45. The van der Waals surface area contributed by atoms with Crippen LogP contribution in [0.15, 0.2) is 85.1 Å². The van der Waals surface area contributed by atoms with Gasteiger partial charge in [0, 0.05) is 17.5 Å². The van der Waals surface area contributed by atoms with Crippen LogP contribution in [-0.4, -0.2) is 30.0 Å². The van der Waals surface area contributed by atoms with Gasteiger partial charge < -0.3 is 10.1 Å². The SMILES string of the molecule is COC(=O)[C@@H](NC(=O)c1ccnc2ccccc12)C1c2ccccc2-c2ccccc21. The van der Waals surface area contributed by atoms with E-state index >= 15 is 0 Å². The van der Waals surface area contributed by atoms with Crippen LogP contribution in [0.25, 0.3) is 22.0 Å². The fourth-order valence-electron chi connectivity index (χ4n) is 4.47. The molecule has 152 valence electrons. The number of pyridine rings is 1. The number of carbonyl (C=O) groups excluding carboxylic acids is 2. The number of para-hydroxylation sites is 1. The van der Waals surface area contributed by atoms with Crippen LogP contribution < -0.4 is 5.32 Å². The van der Waals surface area contributed by atoms with E-state index in [1.165, 1.54) is 7.11 Å². The van der Waals surface area contributed by atoms with Crippen LogP contribution in [0.3, 0.4) is 0 Å². The summed E-state index contributed by atoms with van der Waals surface area (Å²) in [5.41, 5.74) is 5.33. The van der Waals surface area contributed by atoms with Crippen molar-refractivity contribution in [3.8, 4) is 11.1 Å². The zero-order valence-corrected chi connectivity index (χ0v) is 16.9. The molecule has 1 amide bonds. The quantitative estimate of drug-likeness (QED) is 0.511. The van der Waals surface area contributed by atoms with Gasteiger partial charge in [-0.3, -0.25) is 9.78 Å². The maximum absolute atomic E-state index is 13.3. The first kappa shape index (κ1) is 19.0. The number of nitrogens with one attached hydrogen (secondary N) is 1. The van der Waals surface area contributed by atoms with E-state index in [2.05, 4.69) is 10.3 Å². The molecule has 0 unspecified atom stereocenters. The highest BCUT2D eigenvalue weighted by Gasteiger charge is 2.39. The second-order valence-corrected chi connectivity index (χ2v) is 7.50.